The van der Waals surface area contributed by atoms with E-state index in [4.69, 9.17) is 4.42 Å². The van der Waals surface area contributed by atoms with Crippen molar-refractivity contribution in [3.05, 3.63) is 98.7 Å². The van der Waals surface area contributed by atoms with E-state index < -0.39 is 4.92 Å². The van der Waals surface area contributed by atoms with Gasteiger partial charge in [0, 0.05) is 27.7 Å². The minimum absolute atomic E-state index is 0.0182. The van der Waals surface area contributed by atoms with Gasteiger partial charge in [-0.2, -0.15) is 5.10 Å². The fourth-order valence-corrected chi connectivity index (χ4v) is 3.50. The van der Waals surface area contributed by atoms with Gasteiger partial charge >= 0.3 is 0 Å². The van der Waals surface area contributed by atoms with Crippen molar-refractivity contribution in [1.82, 2.24) is 5.43 Å². The van der Waals surface area contributed by atoms with Crippen LogP contribution in [0.1, 0.15) is 16.1 Å². The molecule has 148 valence electrons. The number of benzene rings is 3. The molecule has 0 saturated carbocycles. The van der Waals surface area contributed by atoms with Crippen LogP contribution in [0.15, 0.2) is 86.8 Å². The van der Waals surface area contributed by atoms with Gasteiger partial charge in [-0.1, -0.05) is 30.3 Å². The van der Waals surface area contributed by atoms with E-state index in [-0.39, 0.29) is 11.6 Å². The van der Waals surface area contributed by atoms with Crippen LogP contribution < -0.4 is 5.43 Å². The zero-order valence-electron chi connectivity index (χ0n) is 15.4. The minimum Gasteiger partial charge on any atom is -0.455 e. The number of carbonyl (C=O) groups is 1. The molecule has 1 N–H and O–H groups in total. The number of nitrogens with one attached hydrogen (secondary N) is 1. The molecule has 1 aromatic heterocycles. The van der Waals surface area contributed by atoms with Gasteiger partial charge in [0.15, 0.2) is 0 Å². The molecule has 30 heavy (non-hydrogen) atoms. The number of rotatable bonds is 5. The van der Waals surface area contributed by atoms with E-state index in [0.29, 0.717) is 27.1 Å². The van der Waals surface area contributed by atoms with Crippen molar-refractivity contribution < 1.29 is 14.1 Å². The third-order valence-corrected chi connectivity index (χ3v) is 5.08. The van der Waals surface area contributed by atoms with Crippen LogP contribution in [-0.4, -0.2) is 17.0 Å². The summed E-state index contributed by atoms with van der Waals surface area (Å²) in [4.78, 5) is 22.7. The minimum atomic E-state index is -0.465. The van der Waals surface area contributed by atoms with Gasteiger partial charge < -0.3 is 4.42 Å². The Bertz CT molecular complexity index is 1300. The van der Waals surface area contributed by atoms with Gasteiger partial charge in [-0.05, 0) is 57.0 Å². The Balaban J connectivity index is 1.45. The molecule has 4 aromatic rings. The van der Waals surface area contributed by atoms with E-state index >= 15 is 0 Å². The molecule has 0 radical (unpaired) electrons. The molecule has 4 rings (SSSR count). The van der Waals surface area contributed by atoms with Crippen LogP contribution in [0.3, 0.4) is 0 Å². The number of hydrogen-bond donors (Lipinski definition) is 1. The lowest BCUT2D eigenvalue weighted by atomic mass is 10.1. The largest absolute Gasteiger partial charge is 0.455 e. The zero-order valence-corrected chi connectivity index (χ0v) is 17.0. The first kappa shape index (κ1) is 19.5. The van der Waals surface area contributed by atoms with E-state index in [9.17, 15) is 14.9 Å². The first-order valence-corrected chi connectivity index (χ1v) is 9.67. The number of halogens is 1. The summed E-state index contributed by atoms with van der Waals surface area (Å²) in [5.41, 5.74) is 3.63. The van der Waals surface area contributed by atoms with Crippen LogP contribution >= 0.6 is 15.9 Å². The Morgan fingerprint density at radius 1 is 1.03 bits per heavy atom. The molecule has 0 bridgehead atoms. The van der Waals surface area contributed by atoms with Crippen LogP contribution in [0.4, 0.5) is 5.69 Å². The molecule has 0 atom stereocenters. The molecular formula is C22H14BrN3O4. The molecule has 0 spiro atoms. The van der Waals surface area contributed by atoms with E-state index in [0.717, 1.165) is 10.8 Å². The number of nitrogens with zero attached hydrogens (tertiary/aromatic N) is 2. The number of non-ortho nitro benzene ring substituents is 1. The van der Waals surface area contributed by atoms with Crippen molar-refractivity contribution in [2.24, 2.45) is 5.10 Å². The highest BCUT2D eigenvalue weighted by atomic mass is 79.9. The van der Waals surface area contributed by atoms with Crippen molar-refractivity contribution in [2.75, 3.05) is 0 Å². The molecular weight excluding hydrogens is 450 g/mol. The van der Waals surface area contributed by atoms with Crippen molar-refractivity contribution in [3.8, 4) is 11.3 Å². The molecule has 1 heterocycles. The van der Waals surface area contributed by atoms with Gasteiger partial charge in [0.1, 0.15) is 11.5 Å². The topological polar surface area (TPSA) is 97.7 Å². The molecule has 0 unspecified atom stereocenters. The van der Waals surface area contributed by atoms with Crippen molar-refractivity contribution in [1.29, 1.82) is 0 Å². The number of fused-ring (bicyclic) bond motifs is 1. The third kappa shape index (κ3) is 4.13. The first-order chi connectivity index (χ1) is 14.5. The molecule has 0 fully saturated rings. The highest BCUT2D eigenvalue weighted by molar-refractivity contribution is 9.10. The number of nitro benzene ring substituents is 1. The maximum Gasteiger partial charge on any atom is 0.271 e. The zero-order chi connectivity index (χ0) is 21.1. The molecule has 0 saturated heterocycles. The Morgan fingerprint density at radius 2 is 1.83 bits per heavy atom. The predicted octanol–water partition coefficient (Wildman–Crippen LogP) is 5.53. The summed E-state index contributed by atoms with van der Waals surface area (Å²) in [6, 6.07) is 21.0. The fraction of sp³-hybridized carbons (Fsp3) is 0. The number of nitro groups is 1. The Morgan fingerprint density at radius 3 is 2.60 bits per heavy atom. The second-order valence-corrected chi connectivity index (χ2v) is 7.24. The van der Waals surface area contributed by atoms with Gasteiger partial charge in [0.05, 0.1) is 11.1 Å². The van der Waals surface area contributed by atoms with Gasteiger partial charge in [0.2, 0.25) is 0 Å². The smallest absolute Gasteiger partial charge is 0.271 e. The highest BCUT2D eigenvalue weighted by Gasteiger charge is 2.13. The molecule has 7 nitrogen and oxygen atoms in total. The Kier molecular flexibility index (Phi) is 5.40. The van der Waals surface area contributed by atoms with Gasteiger partial charge in [0.25, 0.3) is 11.6 Å². The number of amides is 1. The maximum atomic E-state index is 12.3. The van der Waals surface area contributed by atoms with E-state index in [2.05, 4.69) is 26.5 Å². The first-order valence-electron chi connectivity index (χ1n) is 8.87. The summed E-state index contributed by atoms with van der Waals surface area (Å²) in [5, 5.41) is 16.8. The molecule has 0 aliphatic carbocycles. The van der Waals surface area contributed by atoms with Crippen LogP contribution in [0, 0.1) is 10.1 Å². The lowest BCUT2D eigenvalue weighted by molar-refractivity contribution is -0.384. The van der Waals surface area contributed by atoms with Crippen molar-refractivity contribution >= 4 is 44.5 Å². The molecule has 8 heteroatoms. The summed E-state index contributed by atoms with van der Waals surface area (Å²) in [5.74, 6) is 0.607. The molecule has 0 aliphatic heterocycles. The van der Waals surface area contributed by atoms with Crippen LogP contribution in [0.25, 0.3) is 22.1 Å². The maximum absolute atomic E-state index is 12.3. The molecule has 0 aliphatic rings. The third-order valence-electron chi connectivity index (χ3n) is 4.43. The van der Waals surface area contributed by atoms with Crippen LogP contribution in [-0.2, 0) is 0 Å². The van der Waals surface area contributed by atoms with Gasteiger partial charge in [-0.15, -0.1) is 0 Å². The fourth-order valence-electron chi connectivity index (χ4n) is 2.93. The average molecular weight is 464 g/mol. The summed E-state index contributed by atoms with van der Waals surface area (Å²) in [7, 11) is 0. The number of carbonyl (C=O) groups excluding carboxylic acids is 1. The standard InChI is InChI=1S/C22H14BrN3O4/c23-20-12-17(26(28)29)7-9-19(20)21-10-8-18(30-21)13-24-25-22(27)16-6-5-14-3-1-2-4-15(14)11-16/h1-13H,(H,25,27)/b24-13-. The Labute approximate surface area is 179 Å². The van der Waals surface area contributed by atoms with Crippen LogP contribution in [0.2, 0.25) is 0 Å². The lowest BCUT2D eigenvalue weighted by Crippen LogP contribution is -2.17. The van der Waals surface area contributed by atoms with E-state index in [1.165, 1.54) is 18.3 Å². The lowest BCUT2D eigenvalue weighted by Gasteiger charge is -2.02. The second-order valence-electron chi connectivity index (χ2n) is 6.38. The summed E-state index contributed by atoms with van der Waals surface area (Å²) >= 11 is 3.32. The van der Waals surface area contributed by atoms with Crippen LogP contribution in [0.5, 0.6) is 0 Å². The SMILES string of the molecule is O=C(N/N=C\c1ccc(-c2ccc([N+](=O)[O-])cc2Br)o1)c1ccc2ccccc2c1. The number of furan rings is 1. The highest BCUT2D eigenvalue weighted by Crippen LogP contribution is 2.32. The summed E-state index contributed by atoms with van der Waals surface area (Å²) in [6.07, 6.45) is 1.39. The Hall–Kier alpha value is -3.78. The van der Waals surface area contributed by atoms with Gasteiger partial charge in [-0.25, -0.2) is 5.43 Å². The van der Waals surface area contributed by atoms with E-state index in [1.54, 1.807) is 30.3 Å². The quantitative estimate of drug-likeness (QED) is 0.238. The summed E-state index contributed by atoms with van der Waals surface area (Å²) in [6.45, 7) is 0. The second kappa shape index (κ2) is 8.30. The molecule has 1 amide bonds. The van der Waals surface area contributed by atoms with Crippen molar-refractivity contribution in [3.63, 3.8) is 0 Å². The average Bonchev–Trinajstić information content (AvgIpc) is 3.21. The monoisotopic (exact) mass is 463 g/mol. The number of hydrazone groups is 1. The normalized spacial score (nSPS) is 11.1. The summed E-state index contributed by atoms with van der Waals surface area (Å²) < 4.78 is 6.24. The predicted molar refractivity (Wildman–Crippen MR) is 118 cm³/mol. The van der Waals surface area contributed by atoms with Crippen molar-refractivity contribution in [2.45, 2.75) is 0 Å². The van der Waals surface area contributed by atoms with E-state index in [1.807, 2.05) is 30.3 Å². The number of hydrogen-bond acceptors (Lipinski definition) is 5. The van der Waals surface area contributed by atoms with Gasteiger partial charge in [-0.3, -0.25) is 14.9 Å². The molecule has 3 aromatic carbocycles.